The molecule has 3 heterocycles. The van der Waals surface area contributed by atoms with E-state index in [1.165, 1.54) is 23.8 Å². The van der Waals surface area contributed by atoms with Gasteiger partial charge >= 0.3 is 5.97 Å². The van der Waals surface area contributed by atoms with Crippen LogP contribution < -0.4 is 9.47 Å². The lowest BCUT2D eigenvalue weighted by Gasteiger charge is -2.38. The van der Waals surface area contributed by atoms with Gasteiger partial charge in [0, 0.05) is 25.4 Å². The SMILES string of the molecule is COC(=O)CCCCCN1CCc2cc3c(cc2C1c1ccncc1)OCCO3. The molecule has 2 aliphatic heterocycles. The molecule has 1 aromatic carbocycles. The number of fused-ring (bicyclic) bond motifs is 2. The number of hydrogen-bond acceptors (Lipinski definition) is 6. The maximum atomic E-state index is 11.3. The quantitative estimate of drug-likeness (QED) is 0.527. The van der Waals surface area contributed by atoms with Gasteiger partial charge in [-0.15, -0.1) is 0 Å². The molecule has 0 radical (unpaired) electrons. The summed E-state index contributed by atoms with van der Waals surface area (Å²) < 4.78 is 16.4. The third-order valence-corrected chi connectivity index (χ3v) is 5.71. The number of nitrogens with zero attached hydrogens (tertiary/aromatic N) is 2. The van der Waals surface area contributed by atoms with Crippen molar-refractivity contribution in [1.29, 1.82) is 0 Å². The summed E-state index contributed by atoms with van der Waals surface area (Å²) in [4.78, 5) is 18.0. The van der Waals surface area contributed by atoms with Gasteiger partial charge in [-0.05, 0) is 66.8 Å². The van der Waals surface area contributed by atoms with E-state index in [4.69, 9.17) is 14.2 Å². The van der Waals surface area contributed by atoms with Crippen LogP contribution in [0, 0.1) is 0 Å². The molecule has 0 saturated carbocycles. The van der Waals surface area contributed by atoms with E-state index in [9.17, 15) is 4.79 Å². The number of esters is 1. The van der Waals surface area contributed by atoms with E-state index in [1.807, 2.05) is 12.4 Å². The van der Waals surface area contributed by atoms with Gasteiger partial charge in [-0.1, -0.05) is 6.42 Å². The second kappa shape index (κ2) is 9.27. The first-order valence-electron chi connectivity index (χ1n) is 10.4. The van der Waals surface area contributed by atoms with Crippen LogP contribution >= 0.6 is 0 Å². The smallest absolute Gasteiger partial charge is 0.305 e. The Morgan fingerprint density at radius 1 is 1.14 bits per heavy atom. The highest BCUT2D eigenvalue weighted by molar-refractivity contribution is 5.68. The standard InChI is InChI=1S/C23H28N2O4/c1-27-22(26)5-3-2-4-11-25-12-8-18-15-20-21(29-14-13-28-20)16-19(18)23(25)17-6-9-24-10-7-17/h6-7,9-10,15-16,23H,2-5,8,11-14H2,1H3. The maximum absolute atomic E-state index is 11.3. The average molecular weight is 396 g/mol. The van der Waals surface area contributed by atoms with E-state index in [0.717, 1.165) is 50.3 Å². The molecule has 0 aliphatic carbocycles. The summed E-state index contributed by atoms with van der Waals surface area (Å²) in [6, 6.07) is 8.70. The molecular weight excluding hydrogens is 368 g/mol. The molecule has 2 aromatic rings. The van der Waals surface area contributed by atoms with Crippen LogP contribution in [0.3, 0.4) is 0 Å². The van der Waals surface area contributed by atoms with Gasteiger partial charge in [-0.2, -0.15) is 0 Å². The van der Waals surface area contributed by atoms with E-state index in [0.29, 0.717) is 19.6 Å². The van der Waals surface area contributed by atoms with Crippen LogP contribution in [0.2, 0.25) is 0 Å². The third-order valence-electron chi connectivity index (χ3n) is 5.71. The second-order valence-electron chi connectivity index (χ2n) is 7.55. The van der Waals surface area contributed by atoms with Gasteiger partial charge in [0.1, 0.15) is 13.2 Å². The molecule has 1 unspecified atom stereocenters. The molecule has 6 nitrogen and oxygen atoms in total. The van der Waals surface area contributed by atoms with Crippen LogP contribution in [-0.2, 0) is 16.0 Å². The van der Waals surface area contributed by atoms with Gasteiger partial charge in [-0.25, -0.2) is 0 Å². The Hall–Kier alpha value is -2.60. The van der Waals surface area contributed by atoms with Gasteiger partial charge in [0.25, 0.3) is 0 Å². The first kappa shape index (κ1) is 19.7. The first-order chi connectivity index (χ1) is 14.3. The van der Waals surface area contributed by atoms with E-state index >= 15 is 0 Å². The minimum absolute atomic E-state index is 0.126. The van der Waals surface area contributed by atoms with E-state index < -0.39 is 0 Å². The highest BCUT2D eigenvalue weighted by Gasteiger charge is 2.30. The van der Waals surface area contributed by atoms with E-state index in [-0.39, 0.29) is 12.0 Å². The number of benzene rings is 1. The molecule has 0 amide bonds. The fraction of sp³-hybridized carbons (Fsp3) is 0.478. The highest BCUT2D eigenvalue weighted by Crippen LogP contribution is 2.41. The highest BCUT2D eigenvalue weighted by atomic mass is 16.6. The molecule has 2 aliphatic rings. The number of aromatic nitrogens is 1. The van der Waals surface area contributed by atoms with Crippen molar-refractivity contribution in [3.63, 3.8) is 0 Å². The minimum atomic E-state index is -0.126. The van der Waals surface area contributed by atoms with Crippen LogP contribution in [0.25, 0.3) is 0 Å². The lowest BCUT2D eigenvalue weighted by atomic mass is 9.87. The van der Waals surface area contributed by atoms with Gasteiger partial charge in [0.15, 0.2) is 11.5 Å². The molecular formula is C23H28N2O4. The van der Waals surface area contributed by atoms with Gasteiger partial charge in [-0.3, -0.25) is 14.7 Å². The largest absolute Gasteiger partial charge is 0.486 e. The van der Waals surface area contributed by atoms with Crippen LogP contribution in [0.5, 0.6) is 11.5 Å². The van der Waals surface area contributed by atoms with Crippen molar-refractivity contribution in [1.82, 2.24) is 9.88 Å². The van der Waals surface area contributed by atoms with Crippen LogP contribution in [0.4, 0.5) is 0 Å². The number of carbonyl (C=O) groups excluding carboxylic acids is 1. The molecule has 0 spiro atoms. The van der Waals surface area contributed by atoms with Gasteiger partial charge in [0.05, 0.1) is 13.2 Å². The Labute approximate surface area is 171 Å². The summed E-state index contributed by atoms with van der Waals surface area (Å²) in [6.45, 7) is 3.19. The van der Waals surface area contributed by atoms with E-state index in [1.54, 1.807) is 0 Å². The fourth-order valence-corrected chi connectivity index (χ4v) is 4.25. The van der Waals surface area contributed by atoms with Crippen LogP contribution in [0.15, 0.2) is 36.7 Å². The molecule has 0 bridgehead atoms. The Bertz CT molecular complexity index is 840. The van der Waals surface area contributed by atoms with E-state index in [2.05, 4.69) is 34.1 Å². The Balaban J connectivity index is 1.53. The average Bonchev–Trinajstić information content (AvgIpc) is 2.77. The van der Waals surface area contributed by atoms with Crippen molar-refractivity contribution in [3.05, 3.63) is 53.3 Å². The van der Waals surface area contributed by atoms with Gasteiger partial charge in [0.2, 0.25) is 0 Å². The normalized spacial score (nSPS) is 18.2. The molecule has 1 aromatic heterocycles. The molecule has 6 heteroatoms. The summed E-state index contributed by atoms with van der Waals surface area (Å²) in [5.41, 5.74) is 3.87. The van der Waals surface area contributed by atoms with Crippen molar-refractivity contribution >= 4 is 5.97 Å². The Morgan fingerprint density at radius 2 is 1.90 bits per heavy atom. The van der Waals surface area contributed by atoms with Crippen LogP contribution in [-0.4, -0.2) is 49.3 Å². The van der Waals surface area contributed by atoms with Crippen molar-refractivity contribution in [2.24, 2.45) is 0 Å². The number of pyridine rings is 1. The van der Waals surface area contributed by atoms with Crippen molar-refractivity contribution < 1.29 is 19.0 Å². The summed E-state index contributed by atoms with van der Waals surface area (Å²) in [7, 11) is 1.44. The molecule has 0 saturated heterocycles. The molecule has 0 fully saturated rings. The maximum Gasteiger partial charge on any atom is 0.305 e. The van der Waals surface area contributed by atoms with Crippen molar-refractivity contribution in [2.75, 3.05) is 33.4 Å². The predicted octanol–water partition coefficient (Wildman–Crippen LogP) is 3.53. The molecule has 4 rings (SSSR count). The summed E-state index contributed by atoms with van der Waals surface area (Å²) in [5.74, 6) is 1.58. The summed E-state index contributed by atoms with van der Waals surface area (Å²) in [6.07, 6.45) is 8.15. The minimum Gasteiger partial charge on any atom is -0.486 e. The lowest BCUT2D eigenvalue weighted by Crippen LogP contribution is -2.37. The van der Waals surface area contributed by atoms with Gasteiger partial charge < -0.3 is 14.2 Å². The Morgan fingerprint density at radius 3 is 2.66 bits per heavy atom. The number of ether oxygens (including phenoxy) is 3. The first-order valence-corrected chi connectivity index (χ1v) is 10.4. The van der Waals surface area contributed by atoms with Crippen LogP contribution in [0.1, 0.15) is 48.4 Å². The second-order valence-corrected chi connectivity index (χ2v) is 7.55. The zero-order chi connectivity index (χ0) is 20.1. The summed E-state index contributed by atoms with van der Waals surface area (Å²) in [5, 5.41) is 0. The summed E-state index contributed by atoms with van der Waals surface area (Å²) >= 11 is 0. The number of methoxy groups -OCH3 is 1. The number of carbonyl (C=O) groups is 1. The predicted molar refractivity (Wildman–Crippen MR) is 109 cm³/mol. The third kappa shape index (κ3) is 4.53. The fourth-order valence-electron chi connectivity index (χ4n) is 4.25. The zero-order valence-corrected chi connectivity index (χ0v) is 16.9. The van der Waals surface area contributed by atoms with Crippen molar-refractivity contribution in [2.45, 2.75) is 38.1 Å². The number of unbranched alkanes of at least 4 members (excludes halogenated alkanes) is 2. The molecule has 1 atom stereocenters. The molecule has 154 valence electrons. The monoisotopic (exact) mass is 396 g/mol. The number of rotatable bonds is 7. The van der Waals surface area contributed by atoms with Crippen molar-refractivity contribution in [3.8, 4) is 11.5 Å². The zero-order valence-electron chi connectivity index (χ0n) is 16.9. The topological polar surface area (TPSA) is 60.9 Å². The molecule has 0 N–H and O–H groups in total. The lowest BCUT2D eigenvalue weighted by molar-refractivity contribution is -0.140. The number of hydrogen-bond donors (Lipinski definition) is 0. The Kier molecular flexibility index (Phi) is 6.30. The molecule has 29 heavy (non-hydrogen) atoms.